The van der Waals surface area contributed by atoms with Crippen LogP contribution in [-0.4, -0.2) is 54.5 Å². The second-order valence-electron chi connectivity index (χ2n) is 7.56. The van der Waals surface area contributed by atoms with Gasteiger partial charge in [-0.25, -0.2) is 8.78 Å². The molecule has 0 saturated carbocycles. The summed E-state index contributed by atoms with van der Waals surface area (Å²) in [4.78, 5) is 24.2. The van der Waals surface area contributed by atoms with Crippen molar-refractivity contribution in [3.63, 3.8) is 0 Å². The molecular formula is C22H25F2NO5. The Morgan fingerprint density at radius 2 is 2.17 bits per heavy atom. The molecule has 1 aliphatic carbocycles. The molecule has 0 bridgehead atoms. The number of aliphatic carboxylic acids is 1. The molecule has 0 radical (unpaired) electrons. The minimum atomic E-state index is -1.99. The Morgan fingerprint density at radius 1 is 1.37 bits per heavy atom. The van der Waals surface area contributed by atoms with Crippen molar-refractivity contribution in [2.45, 2.75) is 31.5 Å². The maximum absolute atomic E-state index is 15.1. The second kappa shape index (κ2) is 9.38. The van der Waals surface area contributed by atoms with Gasteiger partial charge < -0.3 is 19.5 Å². The van der Waals surface area contributed by atoms with E-state index in [1.165, 1.54) is 36.3 Å². The minimum Gasteiger partial charge on any atom is -0.496 e. The van der Waals surface area contributed by atoms with E-state index in [1.807, 2.05) is 0 Å². The molecule has 1 N–H and O–H groups in total. The highest BCUT2D eigenvalue weighted by Gasteiger charge is 2.32. The number of carbonyl (C=O) groups excluding carboxylic acids is 1. The van der Waals surface area contributed by atoms with Gasteiger partial charge in [0.1, 0.15) is 18.0 Å². The molecule has 3 rings (SSSR count). The lowest BCUT2D eigenvalue weighted by Gasteiger charge is -2.34. The van der Waals surface area contributed by atoms with Crippen molar-refractivity contribution in [3.8, 4) is 5.75 Å². The van der Waals surface area contributed by atoms with Gasteiger partial charge in [-0.3, -0.25) is 9.59 Å². The molecule has 30 heavy (non-hydrogen) atoms. The summed E-state index contributed by atoms with van der Waals surface area (Å²) in [6.07, 6.45) is 5.41. The number of nitrogens with zero attached hydrogens (tertiary/aromatic N) is 1. The molecular weight excluding hydrogens is 396 g/mol. The van der Waals surface area contributed by atoms with Crippen LogP contribution in [0.2, 0.25) is 0 Å². The van der Waals surface area contributed by atoms with Crippen LogP contribution in [0.25, 0.3) is 5.57 Å². The molecule has 1 aliphatic heterocycles. The Bertz CT molecular complexity index is 869. The Labute approximate surface area is 173 Å². The summed E-state index contributed by atoms with van der Waals surface area (Å²) < 4.78 is 39.5. The number of carbonyl (C=O) groups is 2. The molecule has 1 saturated heterocycles. The maximum Gasteiger partial charge on any atom is 0.312 e. The van der Waals surface area contributed by atoms with Crippen molar-refractivity contribution in [3.05, 3.63) is 47.8 Å². The third-order valence-electron chi connectivity index (χ3n) is 5.32. The standard InChI is InChI=1S/C22H25F2NO5/c1-29-19-5-4-17(23)11-18(19)16-6-8-22(24,9-7-16)30-14-15-3-2-10-25(13-15)20(26)12-21(27)28/h4-8,11,15H,2-3,9-10,12-14H2,1H3,(H,27,28)/t15-,22?/m0/s1. The molecule has 162 valence electrons. The van der Waals surface area contributed by atoms with Crippen molar-refractivity contribution in [1.82, 2.24) is 4.90 Å². The molecule has 2 aliphatic rings. The number of hydrogen-bond donors (Lipinski definition) is 1. The van der Waals surface area contributed by atoms with Gasteiger partial charge in [0.15, 0.2) is 0 Å². The minimum absolute atomic E-state index is 0.0348. The van der Waals surface area contributed by atoms with Crippen LogP contribution in [0.4, 0.5) is 8.78 Å². The first-order chi connectivity index (χ1) is 14.3. The number of carboxylic acids is 1. The highest BCUT2D eigenvalue weighted by Crippen LogP contribution is 2.35. The Hall–Kier alpha value is -2.74. The topological polar surface area (TPSA) is 76.1 Å². The molecule has 8 heteroatoms. The lowest BCUT2D eigenvalue weighted by molar-refractivity contribution is -0.146. The first-order valence-electron chi connectivity index (χ1n) is 9.85. The van der Waals surface area contributed by atoms with Gasteiger partial charge in [0.25, 0.3) is 0 Å². The van der Waals surface area contributed by atoms with Gasteiger partial charge in [-0.2, -0.15) is 0 Å². The van der Waals surface area contributed by atoms with E-state index >= 15 is 4.39 Å². The molecule has 1 heterocycles. The fourth-order valence-electron chi connectivity index (χ4n) is 3.74. The van der Waals surface area contributed by atoms with Crippen LogP contribution < -0.4 is 4.74 Å². The quantitative estimate of drug-likeness (QED) is 0.681. The zero-order valence-electron chi connectivity index (χ0n) is 16.8. The third kappa shape index (κ3) is 5.44. The molecule has 1 unspecified atom stereocenters. The number of piperidine rings is 1. The average Bonchev–Trinajstić information content (AvgIpc) is 2.73. The van der Waals surface area contributed by atoms with E-state index < -0.39 is 30.0 Å². The van der Waals surface area contributed by atoms with E-state index in [0.717, 1.165) is 12.8 Å². The van der Waals surface area contributed by atoms with Crippen molar-refractivity contribution >= 4 is 17.4 Å². The molecule has 0 spiro atoms. The van der Waals surface area contributed by atoms with Crippen molar-refractivity contribution in [2.75, 3.05) is 26.8 Å². The number of amides is 1. The van der Waals surface area contributed by atoms with Gasteiger partial charge in [-0.15, -0.1) is 0 Å². The highest BCUT2D eigenvalue weighted by molar-refractivity contribution is 5.93. The van der Waals surface area contributed by atoms with Crippen molar-refractivity contribution in [2.24, 2.45) is 5.92 Å². The zero-order chi connectivity index (χ0) is 21.7. The zero-order valence-corrected chi connectivity index (χ0v) is 16.8. The number of hydrogen-bond acceptors (Lipinski definition) is 4. The number of methoxy groups -OCH3 is 1. The number of alkyl halides is 1. The normalized spacial score (nSPS) is 23.8. The average molecular weight is 421 g/mol. The summed E-state index contributed by atoms with van der Waals surface area (Å²) in [5, 5.41) is 8.78. The molecule has 1 amide bonds. The van der Waals surface area contributed by atoms with E-state index in [4.69, 9.17) is 14.6 Å². The Kier molecular flexibility index (Phi) is 6.87. The number of likely N-dealkylation sites (tertiary alicyclic amines) is 1. The number of benzene rings is 1. The fourth-order valence-corrected chi connectivity index (χ4v) is 3.74. The third-order valence-corrected chi connectivity index (χ3v) is 5.32. The van der Waals surface area contributed by atoms with E-state index in [0.29, 0.717) is 30.0 Å². The van der Waals surface area contributed by atoms with Crippen molar-refractivity contribution in [1.29, 1.82) is 0 Å². The van der Waals surface area contributed by atoms with Gasteiger partial charge in [0.2, 0.25) is 11.8 Å². The molecule has 6 nitrogen and oxygen atoms in total. The highest BCUT2D eigenvalue weighted by atomic mass is 19.2. The predicted molar refractivity (Wildman–Crippen MR) is 106 cm³/mol. The van der Waals surface area contributed by atoms with Gasteiger partial charge in [0, 0.05) is 31.0 Å². The SMILES string of the molecule is COc1ccc(F)cc1C1=CCC(F)(OC[C@H]2CCCN(C(=O)CC(=O)O)C2)C=C1. The summed E-state index contributed by atoms with van der Waals surface area (Å²) in [6.45, 7) is 0.975. The van der Waals surface area contributed by atoms with Gasteiger partial charge >= 0.3 is 5.97 Å². The van der Waals surface area contributed by atoms with Gasteiger partial charge in [-0.1, -0.05) is 12.2 Å². The first kappa shape index (κ1) is 22.0. The summed E-state index contributed by atoms with van der Waals surface area (Å²) in [5.74, 6) is -3.56. The van der Waals surface area contributed by atoms with Crippen LogP contribution in [0, 0.1) is 11.7 Å². The molecule has 1 aromatic rings. The van der Waals surface area contributed by atoms with Crippen LogP contribution in [0.1, 0.15) is 31.2 Å². The lowest BCUT2D eigenvalue weighted by atomic mass is 9.95. The summed E-state index contributed by atoms with van der Waals surface area (Å²) in [5.41, 5.74) is 1.18. The van der Waals surface area contributed by atoms with Gasteiger partial charge in [-0.05, 0) is 42.7 Å². The second-order valence-corrected chi connectivity index (χ2v) is 7.56. The van der Waals surface area contributed by atoms with Crippen molar-refractivity contribution < 1.29 is 33.0 Å². The van der Waals surface area contributed by atoms with Crippen LogP contribution >= 0.6 is 0 Å². The number of ether oxygens (including phenoxy) is 2. The van der Waals surface area contributed by atoms with Crippen LogP contribution in [0.3, 0.4) is 0 Å². The number of allylic oxidation sites excluding steroid dienone is 2. The van der Waals surface area contributed by atoms with Gasteiger partial charge in [0.05, 0.1) is 13.7 Å². The fraction of sp³-hybridized carbons (Fsp3) is 0.455. The monoisotopic (exact) mass is 421 g/mol. The largest absolute Gasteiger partial charge is 0.496 e. The Balaban J connectivity index is 1.57. The molecule has 1 fully saturated rings. The first-order valence-corrected chi connectivity index (χ1v) is 9.85. The number of rotatable bonds is 7. The van der Waals surface area contributed by atoms with E-state index in [-0.39, 0.29) is 18.9 Å². The van der Waals surface area contributed by atoms with E-state index in [2.05, 4.69) is 0 Å². The van der Waals surface area contributed by atoms with Crippen LogP contribution in [-0.2, 0) is 14.3 Å². The number of carboxylic acid groups (broad SMARTS) is 1. The summed E-state index contributed by atoms with van der Waals surface area (Å²) >= 11 is 0. The summed E-state index contributed by atoms with van der Waals surface area (Å²) in [7, 11) is 1.49. The Morgan fingerprint density at radius 3 is 2.83 bits per heavy atom. The lowest BCUT2D eigenvalue weighted by Crippen LogP contribution is -2.42. The van der Waals surface area contributed by atoms with E-state index in [1.54, 1.807) is 12.2 Å². The maximum atomic E-state index is 15.1. The smallest absolute Gasteiger partial charge is 0.312 e. The number of halogens is 2. The molecule has 1 aromatic carbocycles. The van der Waals surface area contributed by atoms with Crippen LogP contribution in [0.5, 0.6) is 5.75 Å². The summed E-state index contributed by atoms with van der Waals surface area (Å²) in [6, 6.07) is 4.16. The van der Waals surface area contributed by atoms with Crippen LogP contribution in [0.15, 0.2) is 36.4 Å². The van der Waals surface area contributed by atoms with E-state index in [9.17, 15) is 14.0 Å². The predicted octanol–water partition coefficient (Wildman–Crippen LogP) is 3.57. The molecule has 0 aromatic heterocycles. The molecule has 2 atom stereocenters.